The van der Waals surface area contributed by atoms with Crippen molar-refractivity contribution in [2.75, 3.05) is 7.11 Å². The minimum absolute atomic E-state index is 0.289. The molecule has 0 radical (unpaired) electrons. The fourth-order valence-electron chi connectivity index (χ4n) is 2.24. The van der Waals surface area contributed by atoms with E-state index in [0.29, 0.717) is 5.75 Å². The van der Waals surface area contributed by atoms with Crippen LogP contribution in [-0.2, 0) is 0 Å². The van der Waals surface area contributed by atoms with Crippen molar-refractivity contribution in [3.05, 3.63) is 70.8 Å². The molecular weight excluding hydrogens is 290 g/mol. The Hall–Kier alpha value is -3.21. The number of methoxy groups -OCH3 is 1. The topological polar surface area (TPSA) is 67.3 Å². The highest BCUT2D eigenvalue weighted by Gasteiger charge is 2.04. The summed E-state index contributed by atoms with van der Waals surface area (Å²) in [5.74, 6) is 0.455. The lowest BCUT2D eigenvalue weighted by Gasteiger charge is -2.02. The van der Waals surface area contributed by atoms with Gasteiger partial charge in [-0.1, -0.05) is 42.5 Å². The van der Waals surface area contributed by atoms with Gasteiger partial charge in [0.25, 0.3) is 0 Å². The Morgan fingerprint density at radius 2 is 1.91 bits per heavy atom. The van der Waals surface area contributed by atoms with E-state index in [1.54, 1.807) is 12.1 Å². The molecule has 3 rings (SSSR count). The van der Waals surface area contributed by atoms with Crippen molar-refractivity contribution in [1.29, 1.82) is 0 Å². The van der Waals surface area contributed by atoms with Crippen molar-refractivity contribution in [1.82, 2.24) is 10.2 Å². The molecule has 2 aromatic carbocycles. The first kappa shape index (κ1) is 14.7. The molecule has 5 heteroatoms. The van der Waals surface area contributed by atoms with Gasteiger partial charge in [-0.2, -0.15) is 5.10 Å². The molecule has 0 atom stereocenters. The van der Waals surface area contributed by atoms with Gasteiger partial charge in [0.15, 0.2) is 0 Å². The van der Waals surface area contributed by atoms with Crippen LogP contribution in [0.4, 0.5) is 5.69 Å². The molecule has 0 fully saturated rings. The van der Waals surface area contributed by atoms with E-state index in [-0.39, 0.29) is 5.69 Å². The summed E-state index contributed by atoms with van der Waals surface area (Å²) in [6.45, 7) is 0. The Labute approximate surface area is 133 Å². The van der Waals surface area contributed by atoms with E-state index >= 15 is 0 Å². The van der Waals surface area contributed by atoms with Crippen LogP contribution in [0, 0.1) is 4.91 Å². The first-order valence-corrected chi connectivity index (χ1v) is 7.10. The average Bonchev–Trinajstić information content (AvgIpc) is 3.09. The largest absolute Gasteiger partial charge is 0.494 e. The number of nitrogens with one attached hydrogen (secondary N) is 1. The van der Waals surface area contributed by atoms with E-state index in [2.05, 4.69) is 15.4 Å². The van der Waals surface area contributed by atoms with E-state index in [9.17, 15) is 4.91 Å². The van der Waals surface area contributed by atoms with Crippen molar-refractivity contribution >= 4 is 17.8 Å². The minimum Gasteiger partial charge on any atom is -0.494 e. The van der Waals surface area contributed by atoms with Crippen LogP contribution >= 0.6 is 0 Å². The molecule has 0 saturated heterocycles. The van der Waals surface area contributed by atoms with Gasteiger partial charge in [-0.05, 0) is 35.0 Å². The normalized spacial score (nSPS) is 10.8. The van der Waals surface area contributed by atoms with Crippen molar-refractivity contribution in [3.63, 3.8) is 0 Å². The number of rotatable bonds is 5. The van der Waals surface area contributed by atoms with Crippen molar-refractivity contribution in [3.8, 4) is 17.0 Å². The first-order chi connectivity index (χ1) is 11.3. The molecule has 0 amide bonds. The van der Waals surface area contributed by atoms with Crippen LogP contribution in [0.3, 0.4) is 0 Å². The van der Waals surface area contributed by atoms with Gasteiger partial charge in [0.2, 0.25) is 0 Å². The summed E-state index contributed by atoms with van der Waals surface area (Å²) in [5.41, 5.74) is 4.04. The molecule has 0 unspecified atom stereocenters. The van der Waals surface area contributed by atoms with Crippen LogP contribution in [0.25, 0.3) is 23.4 Å². The number of hydrogen-bond donors (Lipinski definition) is 1. The zero-order valence-corrected chi connectivity index (χ0v) is 12.6. The molecule has 1 heterocycles. The van der Waals surface area contributed by atoms with E-state index in [1.807, 2.05) is 54.6 Å². The maximum absolute atomic E-state index is 10.7. The molecule has 3 aromatic rings. The third kappa shape index (κ3) is 3.35. The molecule has 0 bridgehead atoms. The number of nitrogens with zero attached hydrogens (tertiary/aromatic N) is 2. The number of nitroso groups, excluding NO2 is 1. The van der Waals surface area contributed by atoms with E-state index in [1.165, 1.54) is 7.11 Å². The van der Waals surface area contributed by atoms with Crippen molar-refractivity contribution in [2.24, 2.45) is 5.18 Å². The SMILES string of the molecule is COc1cc(/C=C/c2cc(-c3ccccc3)n[nH]2)ccc1N=O. The number of benzene rings is 2. The van der Waals surface area contributed by atoms with Gasteiger partial charge in [-0.15, -0.1) is 4.91 Å². The lowest BCUT2D eigenvalue weighted by molar-refractivity contribution is 0.416. The fourth-order valence-corrected chi connectivity index (χ4v) is 2.24. The summed E-state index contributed by atoms with van der Waals surface area (Å²) in [6, 6.07) is 17.1. The summed E-state index contributed by atoms with van der Waals surface area (Å²) < 4.78 is 5.14. The maximum atomic E-state index is 10.7. The second kappa shape index (κ2) is 6.70. The zero-order valence-electron chi connectivity index (χ0n) is 12.6. The molecular formula is C18H15N3O2. The summed E-state index contributed by atoms with van der Waals surface area (Å²) in [7, 11) is 1.51. The standard InChI is InChI=1S/C18H15N3O2/c1-23-18-11-13(8-10-16(18)21-22)7-9-15-12-17(20-19-15)14-5-3-2-4-6-14/h2-12H,1H3,(H,19,20)/b9-7+. The molecule has 1 aromatic heterocycles. The number of aromatic nitrogens is 2. The van der Waals surface area contributed by atoms with Crippen LogP contribution in [0.5, 0.6) is 5.75 Å². The molecule has 1 N–H and O–H groups in total. The lowest BCUT2D eigenvalue weighted by Crippen LogP contribution is -1.84. The number of ether oxygens (including phenoxy) is 1. The number of aromatic amines is 1. The lowest BCUT2D eigenvalue weighted by atomic mass is 10.1. The summed E-state index contributed by atoms with van der Waals surface area (Å²) in [4.78, 5) is 10.7. The Bertz CT molecular complexity index is 838. The molecule has 5 nitrogen and oxygen atoms in total. The summed E-state index contributed by atoms with van der Waals surface area (Å²) in [5, 5.41) is 10.2. The highest BCUT2D eigenvalue weighted by atomic mass is 16.5. The third-order valence-electron chi connectivity index (χ3n) is 3.42. The summed E-state index contributed by atoms with van der Waals surface area (Å²) >= 11 is 0. The predicted molar refractivity (Wildman–Crippen MR) is 91.4 cm³/mol. The molecule has 0 aliphatic carbocycles. The Morgan fingerprint density at radius 1 is 1.09 bits per heavy atom. The van der Waals surface area contributed by atoms with Crippen LogP contribution in [0.2, 0.25) is 0 Å². The molecule has 0 aliphatic heterocycles. The van der Waals surface area contributed by atoms with Gasteiger partial charge in [-0.25, -0.2) is 0 Å². The van der Waals surface area contributed by atoms with Crippen LogP contribution < -0.4 is 4.74 Å². The number of hydrogen-bond acceptors (Lipinski definition) is 4. The van der Waals surface area contributed by atoms with Gasteiger partial charge >= 0.3 is 0 Å². The highest BCUT2D eigenvalue weighted by molar-refractivity contribution is 5.72. The Balaban J connectivity index is 1.81. The fraction of sp³-hybridized carbons (Fsp3) is 0.0556. The van der Waals surface area contributed by atoms with E-state index in [4.69, 9.17) is 4.74 Å². The van der Waals surface area contributed by atoms with Crippen molar-refractivity contribution in [2.45, 2.75) is 0 Å². The molecule has 0 spiro atoms. The highest BCUT2D eigenvalue weighted by Crippen LogP contribution is 2.28. The van der Waals surface area contributed by atoms with E-state index in [0.717, 1.165) is 22.5 Å². The van der Waals surface area contributed by atoms with Crippen LogP contribution in [-0.4, -0.2) is 17.3 Å². The average molecular weight is 305 g/mol. The molecule has 0 aliphatic rings. The smallest absolute Gasteiger partial charge is 0.149 e. The summed E-state index contributed by atoms with van der Waals surface area (Å²) in [6.07, 6.45) is 3.83. The quantitative estimate of drug-likeness (QED) is 0.697. The molecule has 0 saturated carbocycles. The van der Waals surface area contributed by atoms with Gasteiger partial charge < -0.3 is 4.74 Å². The zero-order chi connectivity index (χ0) is 16.1. The van der Waals surface area contributed by atoms with Gasteiger partial charge in [0.1, 0.15) is 11.4 Å². The second-order valence-electron chi connectivity index (χ2n) is 4.93. The third-order valence-corrected chi connectivity index (χ3v) is 3.42. The monoisotopic (exact) mass is 305 g/mol. The van der Waals surface area contributed by atoms with Crippen LogP contribution in [0.1, 0.15) is 11.3 Å². The Morgan fingerprint density at radius 3 is 2.65 bits per heavy atom. The van der Waals surface area contributed by atoms with Crippen molar-refractivity contribution < 1.29 is 4.74 Å². The predicted octanol–water partition coefficient (Wildman–Crippen LogP) is 4.65. The maximum Gasteiger partial charge on any atom is 0.149 e. The molecule has 114 valence electrons. The molecule has 23 heavy (non-hydrogen) atoms. The van der Waals surface area contributed by atoms with E-state index < -0.39 is 0 Å². The number of H-pyrrole nitrogens is 1. The van der Waals surface area contributed by atoms with Crippen LogP contribution in [0.15, 0.2) is 59.8 Å². The van der Waals surface area contributed by atoms with Gasteiger partial charge in [-0.3, -0.25) is 5.10 Å². The first-order valence-electron chi connectivity index (χ1n) is 7.10. The second-order valence-corrected chi connectivity index (χ2v) is 4.93. The van der Waals surface area contributed by atoms with Gasteiger partial charge in [0, 0.05) is 5.56 Å². The minimum atomic E-state index is 0.289. The Kier molecular flexibility index (Phi) is 4.29. The van der Waals surface area contributed by atoms with Gasteiger partial charge in [0.05, 0.1) is 18.5 Å².